The lowest BCUT2D eigenvalue weighted by Crippen LogP contribution is -2.04. The summed E-state index contributed by atoms with van der Waals surface area (Å²) < 4.78 is 37.2. The van der Waals surface area contributed by atoms with Crippen LogP contribution in [0.15, 0.2) is 42.7 Å². The van der Waals surface area contributed by atoms with Crippen molar-refractivity contribution in [3.05, 3.63) is 53.9 Å². The van der Waals surface area contributed by atoms with E-state index in [0.29, 0.717) is 12.1 Å². The first kappa shape index (κ1) is 18.7. The summed E-state index contributed by atoms with van der Waals surface area (Å²) in [5.41, 5.74) is 7.11. The molecule has 0 aliphatic carbocycles. The summed E-state index contributed by atoms with van der Waals surface area (Å²) in [6.07, 6.45) is -1.08. The third-order valence-electron chi connectivity index (χ3n) is 2.58. The Bertz CT molecular complexity index is 542. The van der Waals surface area contributed by atoms with Gasteiger partial charge in [0.1, 0.15) is 0 Å². The van der Waals surface area contributed by atoms with Crippen LogP contribution in [-0.4, -0.2) is 4.98 Å². The van der Waals surface area contributed by atoms with E-state index in [9.17, 15) is 13.2 Å². The molecular formula is C13H13Cl2F3N2. The smallest absolute Gasteiger partial charge is 0.326 e. The Hall–Kier alpha value is -1.30. The molecule has 2 N–H and O–H groups in total. The van der Waals surface area contributed by atoms with E-state index in [-0.39, 0.29) is 24.8 Å². The number of hydrogen-bond acceptors (Lipinski definition) is 2. The Labute approximate surface area is 127 Å². The van der Waals surface area contributed by atoms with Gasteiger partial charge >= 0.3 is 6.18 Å². The average Bonchev–Trinajstić information content (AvgIpc) is 2.38. The molecule has 1 aromatic carbocycles. The van der Waals surface area contributed by atoms with E-state index in [4.69, 9.17) is 5.73 Å². The maximum absolute atomic E-state index is 12.4. The molecule has 2 rings (SSSR count). The monoisotopic (exact) mass is 324 g/mol. The van der Waals surface area contributed by atoms with E-state index in [1.807, 2.05) is 6.07 Å². The number of aromatic nitrogens is 1. The molecular weight excluding hydrogens is 312 g/mol. The quantitative estimate of drug-likeness (QED) is 0.904. The van der Waals surface area contributed by atoms with Gasteiger partial charge in [-0.15, -0.1) is 24.8 Å². The molecule has 2 nitrogen and oxygen atoms in total. The number of benzene rings is 1. The number of hydrogen-bond donors (Lipinski definition) is 1. The topological polar surface area (TPSA) is 38.9 Å². The molecule has 0 unspecified atom stereocenters. The summed E-state index contributed by atoms with van der Waals surface area (Å²) in [6.45, 7) is 0.349. The van der Waals surface area contributed by atoms with Gasteiger partial charge in [-0.1, -0.05) is 12.1 Å². The summed E-state index contributed by atoms with van der Waals surface area (Å²) in [5.74, 6) is 0. The summed E-state index contributed by atoms with van der Waals surface area (Å²) >= 11 is 0. The lowest BCUT2D eigenvalue weighted by atomic mass is 10.0. The minimum atomic E-state index is -4.31. The molecule has 0 amide bonds. The van der Waals surface area contributed by atoms with Gasteiger partial charge in [-0.3, -0.25) is 4.98 Å². The predicted molar refractivity (Wildman–Crippen MR) is 77.1 cm³/mol. The van der Waals surface area contributed by atoms with Crippen molar-refractivity contribution in [3.8, 4) is 11.1 Å². The van der Waals surface area contributed by atoms with Gasteiger partial charge in [0.2, 0.25) is 0 Å². The Balaban J connectivity index is 0.00000180. The molecule has 0 spiro atoms. The van der Waals surface area contributed by atoms with Gasteiger partial charge in [0.15, 0.2) is 0 Å². The SMILES string of the molecule is Cl.Cl.NCc1cncc(-c2ccc(C(F)(F)F)cc2)c1. The number of pyridine rings is 1. The van der Waals surface area contributed by atoms with E-state index in [2.05, 4.69) is 4.98 Å². The molecule has 110 valence electrons. The molecule has 0 saturated heterocycles. The third kappa shape index (κ3) is 4.37. The second-order valence-corrected chi connectivity index (χ2v) is 3.86. The lowest BCUT2D eigenvalue weighted by Gasteiger charge is -2.08. The van der Waals surface area contributed by atoms with E-state index in [1.165, 1.54) is 12.1 Å². The van der Waals surface area contributed by atoms with Gasteiger partial charge in [-0.05, 0) is 29.3 Å². The van der Waals surface area contributed by atoms with Crippen molar-refractivity contribution < 1.29 is 13.2 Å². The molecule has 0 atom stereocenters. The van der Waals surface area contributed by atoms with Gasteiger partial charge in [-0.2, -0.15) is 13.2 Å². The van der Waals surface area contributed by atoms with Crippen molar-refractivity contribution in [1.82, 2.24) is 4.98 Å². The first-order valence-electron chi connectivity index (χ1n) is 5.32. The van der Waals surface area contributed by atoms with Gasteiger partial charge < -0.3 is 5.73 Å². The zero-order valence-electron chi connectivity index (χ0n) is 10.2. The summed E-state index contributed by atoms with van der Waals surface area (Å²) in [4.78, 5) is 4.00. The molecule has 0 radical (unpaired) electrons. The highest BCUT2D eigenvalue weighted by molar-refractivity contribution is 5.85. The van der Waals surface area contributed by atoms with Crippen LogP contribution < -0.4 is 5.73 Å². The molecule has 0 fully saturated rings. The minimum Gasteiger partial charge on any atom is -0.326 e. The Morgan fingerprint density at radius 1 is 0.950 bits per heavy atom. The summed E-state index contributed by atoms with van der Waals surface area (Å²) in [6, 6.07) is 6.80. The van der Waals surface area contributed by atoms with E-state index < -0.39 is 11.7 Å². The Morgan fingerprint density at radius 2 is 1.55 bits per heavy atom. The van der Waals surface area contributed by atoms with Gasteiger partial charge in [0.25, 0.3) is 0 Å². The minimum absolute atomic E-state index is 0. The van der Waals surface area contributed by atoms with Crippen LogP contribution in [0.3, 0.4) is 0 Å². The lowest BCUT2D eigenvalue weighted by molar-refractivity contribution is -0.137. The maximum Gasteiger partial charge on any atom is 0.416 e. The van der Waals surface area contributed by atoms with Crippen LogP contribution in [0.5, 0.6) is 0 Å². The highest BCUT2D eigenvalue weighted by Gasteiger charge is 2.29. The number of nitrogens with zero attached hydrogens (tertiary/aromatic N) is 1. The van der Waals surface area contributed by atoms with Crippen molar-refractivity contribution in [2.75, 3.05) is 0 Å². The van der Waals surface area contributed by atoms with E-state index in [1.54, 1.807) is 12.4 Å². The molecule has 0 aliphatic heterocycles. The normalized spacial score (nSPS) is 10.4. The Morgan fingerprint density at radius 3 is 2.05 bits per heavy atom. The van der Waals surface area contributed by atoms with Crippen molar-refractivity contribution >= 4 is 24.8 Å². The predicted octanol–water partition coefficient (Wildman–Crippen LogP) is 4.07. The van der Waals surface area contributed by atoms with E-state index >= 15 is 0 Å². The fraction of sp³-hybridized carbons (Fsp3) is 0.154. The Kier molecular flexibility index (Phi) is 6.99. The van der Waals surface area contributed by atoms with Crippen LogP contribution in [0.25, 0.3) is 11.1 Å². The molecule has 20 heavy (non-hydrogen) atoms. The zero-order chi connectivity index (χ0) is 13.2. The molecule has 2 aromatic rings. The number of alkyl halides is 3. The van der Waals surface area contributed by atoms with Crippen molar-refractivity contribution in [3.63, 3.8) is 0 Å². The fourth-order valence-electron chi connectivity index (χ4n) is 1.61. The van der Waals surface area contributed by atoms with Crippen molar-refractivity contribution in [2.45, 2.75) is 12.7 Å². The third-order valence-corrected chi connectivity index (χ3v) is 2.58. The average molecular weight is 325 g/mol. The molecule has 0 bridgehead atoms. The largest absolute Gasteiger partial charge is 0.416 e. The maximum atomic E-state index is 12.4. The first-order chi connectivity index (χ1) is 8.50. The molecule has 1 aromatic heterocycles. The van der Waals surface area contributed by atoms with Crippen LogP contribution in [0.1, 0.15) is 11.1 Å². The standard InChI is InChI=1S/C13H11F3N2.2ClH/c14-13(15,16)12-3-1-10(2-4-12)11-5-9(6-17)7-18-8-11;;/h1-5,7-8H,6,17H2;2*1H. The summed E-state index contributed by atoms with van der Waals surface area (Å²) in [7, 11) is 0. The molecule has 0 aliphatic rings. The highest BCUT2D eigenvalue weighted by Crippen LogP contribution is 2.30. The van der Waals surface area contributed by atoms with Gasteiger partial charge in [0.05, 0.1) is 5.56 Å². The molecule has 0 saturated carbocycles. The van der Waals surface area contributed by atoms with Crippen LogP contribution in [0.4, 0.5) is 13.2 Å². The molecule has 1 heterocycles. The second kappa shape index (κ2) is 7.47. The highest BCUT2D eigenvalue weighted by atomic mass is 35.5. The number of rotatable bonds is 2. The fourth-order valence-corrected chi connectivity index (χ4v) is 1.61. The van der Waals surface area contributed by atoms with Crippen LogP contribution in [0.2, 0.25) is 0 Å². The number of nitrogens with two attached hydrogens (primary N) is 1. The number of halogens is 5. The van der Waals surface area contributed by atoms with Crippen LogP contribution >= 0.6 is 24.8 Å². The van der Waals surface area contributed by atoms with Crippen molar-refractivity contribution in [2.24, 2.45) is 5.73 Å². The summed E-state index contributed by atoms with van der Waals surface area (Å²) in [5, 5.41) is 0. The van der Waals surface area contributed by atoms with Gasteiger partial charge in [-0.25, -0.2) is 0 Å². The van der Waals surface area contributed by atoms with Crippen LogP contribution in [-0.2, 0) is 12.7 Å². The first-order valence-corrected chi connectivity index (χ1v) is 5.32. The molecule has 7 heteroatoms. The van der Waals surface area contributed by atoms with Crippen LogP contribution in [0, 0.1) is 0 Å². The van der Waals surface area contributed by atoms with E-state index in [0.717, 1.165) is 23.3 Å². The second-order valence-electron chi connectivity index (χ2n) is 3.86. The van der Waals surface area contributed by atoms with Gasteiger partial charge in [0, 0.05) is 24.5 Å². The van der Waals surface area contributed by atoms with Crippen molar-refractivity contribution in [1.29, 1.82) is 0 Å². The zero-order valence-corrected chi connectivity index (χ0v) is 11.9.